The Morgan fingerprint density at radius 2 is 2.00 bits per heavy atom. The Hall–Kier alpha value is -0.350. The van der Waals surface area contributed by atoms with Crippen LogP contribution < -0.4 is 0 Å². The van der Waals surface area contributed by atoms with E-state index in [1.54, 1.807) is 6.92 Å². The summed E-state index contributed by atoms with van der Waals surface area (Å²) in [6.07, 6.45) is 4.83. The third-order valence-electron chi connectivity index (χ3n) is 1.78. The van der Waals surface area contributed by atoms with Crippen molar-refractivity contribution in [3.63, 3.8) is 0 Å². The van der Waals surface area contributed by atoms with Crippen LogP contribution in [-0.4, -0.2) is 20.3 Å². The van der Waals surface area contributed by atoms with Gasteiger partial charge in [-0.05, 0) is 26.7 Å². The molecule has 0 radical (unpaired) electrons. The Balaban J connectivity index is 4.38. The molecular weight excluding hydrogens is 188 g/mol. The van der Waals surface area contributed by atoms with E-state index in [0.717, 1.165) is 0 Å². The highest BCUT2D eigenvalue weighted by molar-refractivity contribution is 7.87. The summed E-state index contributed by atoms with van der Waals surface area (Å²) in [5, 5.41) is -0.399. The fourth-order valence-electron chi connectivity index (χ4n) is 1.04. The van der Waals surface area contributed by atoms with Crippen LogP contribution >= 0.6 is 0 Å². The first-order valence-corrected chi connectivity index (χ1v) is 6.05. The van der Waals surface area contributed by atoms with Gasteiger partial charge in [-0.15, -0.1) is 0 Å². The van der Waals surface area contributed by atoms with Gasteiger partial charge in [0.2, 0.25) is 0 Å². The molecule has 0 aliphatic heterocycles. The maximum atomic E-state index is 11.4. The second-order valence-corrected chi connectivity index (χ2v) is 4.62. The van der Waals surface area contributed by atoms with Gasteiger partial charge in [0.15, 0.2) is 0 Å². The summed E-state index contributed by atoms with van der Waals surface area (Å²) in [7, 11) is -3.35. The molecular formula is C9H18O3S. The van der Waals surface area contributed by atoms with Gasteiger partial charge in [0, 0.05) is 0 Å². The van der Waals surface area contributed by atoms with Gasteiger partial charge in [0.25, 0.3) is 10.1 Å². The van der Waals surface area contributed by atoms with E-state index in [1.165, 1.54) is 0 Å². The molecule has 0 aromatic heterocycles. The molecule has 0 amide bonds. The van der Waals surface area contributed by atoms with Crippen LogP contribution in [0.1, 0.15) is 33.6 Å². The van der Waals surface area contributed by atoms with Gasteiger partial charge in [-0.25, -0.2) is 0 Å². The molecule has 0 saturated heterocycles. The van der Waals surface area contributed by atoms with Gasteiger partial charge in [0.05, 0.1) is 11.9 Å². The summed E-state index contributed by atoms with van der Waals surface area (Å²) in [5.74, 6) is 0. The molecule has 4 heteroatoms. The maximum absolute atomic E-state index is 11.4. The second-order valence-electron chi connectivity index (χ2n) is 2.73. The van der Waals surface area contributed by atoms with Crippen LogP contribution in [0, 0.1) is 0 Å². The molecule has 0 bridgehead atoms. The van der Waals surface area contributed by atoms with Crippen LogP contribution in [0.15, 0.2) is 12.2 Å². The lowest BCUT2D eigenvalue weighted by Crippen LogP contribution is -2.22. The van der Waals surface area contributed by atoms with Gasteiger partial charge in [0.1, 0.15) is 0 Å². The predicted octanol–water partition coefficient (Wildman–Crippen LogP) is 2.10. The maximum Gasteiger partial charge on any atom is 0.270 e. The molecule has 0 aliphatic carbocycles. The van der Waals surface area contributed by atoms with Crippen molar-refractivity contribution in [2.75, 3.05) is 6.61 Å². The normalized spacial score (nSPS) is 15.0. The Kier molecular flexibility index (Phi) is 5.99. The van der Waals surface area contributed by atoms with Crippen molar-refractivity contribution >= 4 is 10.1 Å². The summed E-state index contributed by atoms with van der Waals surface area (Å²) in [6, 6.07) is 0. The standard InChI is InChI=1S/C9H18O3S/c1-4-7-8-9(5-2)13(10,11)12-6-3/h4,7,9H,5-6,8H2,1-3H3/b7-4+. The molecule has 0 spiro atoms. The number of allylic oxidation sites excluding steroid dienone is 2. The monoisotopic (exact) mass is 206 g/mol. The molecule has 0 heterocycles. The minimum atomic E-state index is -3.35. The van der Waals surface area contributed by atoms with Crippen LogP contribution in [0.3, 0.4) is 0 Å². The van der Waals surface area contributed by atoms with E-state index in [1.807, 2.05) is 26.0 Å². The summed E-state index contributed by atoms with van der Waals surface area (Å²) in [6.45, 7) is 5.62. The molecule has 0 aromatic rings. The van der Waals surface area contributed by atoms with E-state index in [-0.39, 0.29) is 6.61 Å². The van der Waals surface area contributed by atoms with E-state index >= 15 is 0 Å². The molecule has 78 valence electrons. The molecule has 0 aromatic carbocycles. The summed E-state index contributed by atoms with van der Waals surface area (Å²) >= 11 is 0. The molecule has 0 saturated carbocycles. The van der Waals surface area contributed by atoms with Crippen molar-refractivity contribution in [3.05, 3.63) is 12.2 Å². The minimum Gasteiger partial charge on any atom is -0.270 e. The van der Waals surface area contributed by atoms with Crippen molar-refractivity contribution in [1.82, 2.24) is 0 Å². The smallest absolute Gasteiger partial charge is 0.270 e. The van der Waals surface area contributed by atoms with E-state index < -0.39 is 15.4 Å². The third kappa shape index (κ3) is 4.43. The summed E-state index contributed by atoms with van der Waals surface area (Å²) in [5.41, 5.74) is 0. The zero-order valence-electron chi connectivity index (χ0n) is 8.49. The van der Waals surface area contributed by atoms with Crippen LogP contribution in [0.4, 0.5) is 0 Å². The molecule has 0 aliphatic rings. The largest absolute Gasteiger partial charge is 0.270 e. The van der Waals surface area contributed by atoms with Gasteiger partial charge in [-0.3, -0.25) is 4.18 Å². The van der Waals surface area contributed by atoms with Crippen molar-refractivity contribution in [2.24, 2.45) is 0 Å². The molecule has 13 heavy (non-hydrogen) atoms. The van der Waals surface area contributed by atoms with Crippen LogP contribution in [0.25, 0.3) is 0 Å². The Labute approximate surface area is 80.9 Å². The quantitative estimate of drug-likeness (QED) is 0.494. The molecule has 3 nitrogen and oxygen atoms in total. The van der Waals surface area contributed by atoms with Crippen molar-refractivity contribution in [2.45, 2.75) is 38.9 Å². The van der Waals surface area contributed by atoms with Gasteiger partial charge in [-0.2, -0.15) is 8.42 Å². The van der Waals surface area contributed by atoms with E-state index in [2.05, 4.69) is 0 Å². The third-order valence-corrected chi connectivity index (χ3v) is 3.69. The summed E-state index contributed by atoms with van der Waals surface area (Å²) < 4.78 is 27.5. The van der Waals surface area contributed by atoms with E-state index in [9.17, 15) is 8.42 Å². The molecule has 0 fully saturated rings. The van der Waals surface area contributed by atoms with Crippen molar-refractivity contribution in [1.29, 1.82) is 0 Å². The number of rotatable bonds is 6. The zero-order valence-corrected chi connectivity index (χ0v) is 9.30. The first-order valence-electron chi connectivity index (χ1n) is 4.57. The highest BCUT2D eigenvalue weighted by Crippen LogP contribution is 2.13. The first kappa shape index (κ1) is 12.7. The zero-order chi connectivity index (χ0) is 10.3. The SMILES string of the molecule is C/C=C/CC(CC)S(=O)(=O)OCC. The highest BCUT2D eigenvalue weighted by atomic mass is 32.2. The lowest BCUT2D eigenvalue weighted by Gasteiger charge is -2.12. The highest BCUT2D eigenvalue weighted by Gasteiger charge is 2.22. The lowest BCUT2D eigenvalue weighted by atomic mass is 10.2. The molecule has 1 atom stereocenters. The topological polar surface area (TPSA) is 43.4 Å². The Bertz CT molecular complexity index is 242. The second kappa shape index (κ2) is 6.16. The Morgan fingerprint density at radius 1 is 1.38 bits per heavy atom. The molecule has 0 N–H and O–H groups in total. The van der Waals surface area contributed by atoms with Gasteiger partial charge < -0.3 is 0 Å². The lowest BCUT2D eigenvalue weighted by molar-refractivity contribution is 0.329. The fraction of sp³-hybridized carbons (Fsp3) is 0.778. The van der Waals surface area contributed by atoms with Crippen molar-refractivity contribution in [3.8, 4) is 0 Å². The summed E-state index contributed by atoms with van der Waals surface area (Å²) in [4.78, 5) is 0. The fourth-order valence-corrected chi connectivity index (χ4v) is 2.31. The van der Waals surface area contributed by atoms with E-state index in [4.69, 9.17) is 4.18 Å². The average Bonchev–Trinajstić information content (AvgIpc) is 2.05. The predicted molar refractivity (Wildman–Crippen MR) is 54.1 cm³/mol. The van der Waals surface area contributed by atoms with Crippen LogP contribution in [0.5, 0.6) is 0 Å². The number of hydrogen-bond donors (Lipinski definition) is 0. The molecule has 1 unspecified atom stereocenters. The minimum absolute atomic E-state index is 0.217. The first-order chi connectivity index (χ1) is 6.08. The average molecular weight is 206 g/mol. The molecule has 0 rings (SSSR count). The Morgan fingerprint density at radius 3 is 2.38 bits per heavy atom. The number of hydrogen-bond acceptors (Lipinski definition) is 3. The van der Waals surface area contributed by atoms with Crippen LogP contribution in [-0.2, 0) is 14.3 Å². The van der Waals surface area contributed by atoms with E-state index in [0.29, 0.717) is 12.8 Å². The van der Waals surface area contributed by atoms with Gasteiger partial charge in [-0.1, -0.05) is 19.1 Å². The van der Waals surface area contributed by atoms with Crippen molar-refractivity contribution < 1.29 is 12.6 Å². The van der Waals surface area contributed by atoms with Gasteiger partial charge >= 0.3 is 0 Å². The van der Waals surface area contributed by atoms with Crippen LogP contribution in [0.2, 0.25) is 0 Å².